The lowest BCUT2D eigenvalue weighted by Gasteiger charge is -2.06. The zero-order chi connectivity index (χ0) is 35.3. The summed E-state index contributed by atoms with van der Waals surface area (Å²) in [5.41, 5.74) is 6.16. The Kier molecular flexibility index (Phi) is 7.15. The van der Waals surface area contributed by atoms with Gasteiger partial charge in [-0.3, -0.25) is 20.2 Å². The van der Waals surface area contributed by atoms with Crippen LogP contribution in [-0.4, -0.2) is 31.2 Å². The molecule has 0 atom stereocenters. The molecule has 2 aromatic heterocycles. The third-order valence-electron chi connectivity index (χ3n) is 9.42. The van der Waals surface area contributed by atoms with E-state index < -0.39 is 9.85 Å². The predicted molar refractivity (Wildman–Crippen MR) is 199 cm³/mol. The van der Waals surface area contributed by atoms with Crippen molar-refractivity contribution in [3.63, 3.8) is 0 Å². The summed E-state index contributed by atoms with van der Waals surface area (Å²) in [6, 6.07) is 37.1. The molecule has 9 rings (SSSR count). The molecule has 52 heavy (non-hydrogen) atoms. The van der Waals surface area contributed by atoms with Crippen LogP contribution >= 0.6 is 0 Å². The summed E-state index contributed by atoms with van der Waals surface area (Å²) in [5.74, 6) is 0. The van der Waals surface area contributed by atoms with Gasteiger partial charge in [-0.2, -0.15) is 0 Å². The zero-order valence-corrected chi connectivity index (χ0v) is 27.3. The normalized spacial score (nSPS) is 14.4. The molecular weight excluding hydrogens is 652 g/mol. The molecule has 248 valence electrons. The summed E-state index contributed by atoms with van der Waals surface area (Å²) in [6.07, 6.45) is 7.92. The quantitative estimate of drug-likeness (QED) is 0.198. The second-order valence-corrected chi connectivity index (χ2v) is 12.5. The highest BCUT2D eigenvalue weighted by Gasteiger charge is 2.18. The first-order chi connectivity index (χ1) is 25.4. The van der Waals surface area contributed by atoms with Crippen LogP contribution < -0.4 is 21.1 Å². The highest BCUT2D eigenvalue weighted by Crippen LogP contribution is 2.25. The van der Waals surface area contributed by atoms with Crippen LogP contribution in [0.3, 0.4) is 0 Å². The second-order valence-electron chi connectivity index (χ2n) is 12.5. The van der Waals surface area contributed by atoms with Gasteiger partial charge in [-0.05, 0) is 84.0 Å². The molecule has 3 aliphatic rings. The fourth-order valence-electron chi connectivity index (χ4n) is 6.96. The van der Waals surface area contributed by atoms with E-state index in [0.29, 0.717) is 11.4 Å². The lowest BCUT2D eigenvalue weighted by Crippen LogP contribution is -2.15. The fourth-order valence-corrected chi connectivity index (χ4v) is 6.96. The number of fused-ring (bicyclic) bond motifs is 8. The summed E-state index contributed by atoms with van der Waals surface area (Å²) in [5, 5.41) is 30.0. The van der Waals surface area contributed by atoms with Crippen LogP contribution in [0.15, 0.2) is 156 Å². The van der Waals surface area contributed by atoms with E-state index in [0.717, 1.165) is 75.9 Å². The van der Waals surface area contributed by atoms with Crippen molar-refractivity contribution < 1.29 is 9.85 Å². The highest BCUT2D eigenvalue weighted by atomic mass is 16.6. The number of benzene rings is 4. The topological polar surface area (TPSA) is 143 Å². The maximum Gasteiger partial charge on any atom is 0.269 e. The molecule has 0 aliphatic carbocycles. The van der Waals surface area contributed by atoms with Crippen LogP contribution in [-0.2, 0) is 0 Å². The molecule has 10 nitrogen and oxygen atoms in total. The van der Waals surface area contributed by atoms with Crippen LogP contribution in [0.4, 0.5) is 11.4 Å². The number of hydrogen-bond donors (Lipinski definition) is 2. The van der Waals surface area contributed by atoms with Crippen LogP contribution in [0.25, 0.3) is 22.5 Å². The Morgan fingerprint density at radius 2 is 0.788 bits per heavy atom. The standard InChI is InChI=1S/C42H26N6O4/c49-47(50)27-13-9-25(10-14-27)41-37-21-17-33(43-37)29-5-1-2-6-30(29)34-18-22-38(44-34)42(26-11-15-28(16-12-26)48(51)52)40-24-20-36(46-40)32-8-4-3-7-31(32)35-19-23-39(41)45-35/h1-24,43,46H. The van der Waals surface area contributed by atoms with Crippen LogP contribution in [0.5, 0.6) is 0 Å². The number of nitrogens with one attached hydrogen (secondary N) is 2. The highest BCUT2D eigenvalue weighted by molar-refractivity contribution is 6.32. The minimum atomic E-state index is -0.403. The summed E-state index contributed by atoms with van der Waals surface area (Å²) >= 11 is 0. The SMILES string of the molecule is O=[N+]([O-])c1ccc(C2=c3ccc([nH]3)=c3ccccc3=C3C=CC(=N3)C(c3ccc([N+](=O)[O-])cc3)=c3ccc([nH]3)=c3ccccc3=C3C=CC2=N3)cc1. The molecule has 0 spiro atoms. The van der Waals surface area contributed by atoms with Gasteiger partial charge in [0.25, 0.3) is 11.4 Å². The van der Waals surface area contributed by atoms with E-state index >= 15 is 0 Å². The number of non-ortho nitro benzene ring substituents is 2. The largest absolute Gasteiger partial charge is 0.354 e. The van der Waals surface area contributed by atoms with E-state index in [-0.39, 0.29) is 11.4 Å². The molecule has 3 aliphatic heterocycles. The Balaban J connectivity index is 1.43. The average molecular weight is 679 g/mol. The van der Waals surface area contributed by atoms with E-state index in [4.69, 9.17) is 9.98 Å². The number of nitro benzene ring substituents is 2. The van der Waals surface area contributed by atoms with Crippen molar-refractivity contribution in [2.75, 3.05) is 0 Å². The molecular formula is C42H26N6O4. The first-order valence-corrected chi connectivity index (χ1v) is 16.5. The van der Waals surface area contributed by atoms with Gasteiger partial charge in [0.15, 0.2) is 0 Å². The monoisotopic (exact) mass is 678 g/mol. The summed E-state index contributed by atoms with van der Waals surface area (Å²) in [6.45, 7) is 0. The first-order valence-electron chi connectivity index (χ1n) is 16.5. The van der Waals surface area contributed by atoms with E-state index in [2.05, 4.69) is 9.97 Å². The number of aromatic nitrogens is 2. The smallest absolute Gasteiger partial charge is 0.269 e. The summed E-state index contributed by atoms with van der Waals surface area (Å²) in [4.78, 5) is 39.7. The van der Waals surface area contributed by atoms with E-state index in [1.165, 1.54) is 24.3 Å². The van der Waals surface area contributed by atoms with Gasteiger partial charge in [-0.25, -0.2) is 9.98 Å². The molecule has 4 aromatic carbocycles. The molecule has 0 saturated heterocycles. The van der Waals surface area contributed by atoms with Gasteiger partial charge >= 0.3 is 0 Å². The Bertz CT molecular complexity index is 2900. The molecule has 0 fully saturated rings. The van der Waals surface area contributed by atoms with Crippen molar-refractivity contribution >= 4 is 45.3 Å². The van der Waals surface area contributed by atoms with Gasteiger partial charge < -0.3 is 9.97 Å². The minimum absolute atomic E-state index is 0.0107. The van der Waals surface area contributed by atoms with E-state index in [1.54, 1.807) is 24.3 Å². The molecule has 2 N–H and O–H groups in total. The maximum absolute atomic E-state index is 11.5. The van der Waals surface area contributed by atoms with Crippen molar-refractivity contribution in [3.05, 3.63) is 219 Å². The number of rotatable bonds is 4. The zero-order valence-electron chi connectivity index (χ0n) is 27.3. The van der Waals surface area contributed by atoms with E-state index in [1.807, 2.05) is 97.1 Å². The Morgan fingerprint density at radius 3 is 1.17 bits per heavy atom. The molecule has 0 saturated carbocycles. The van der Waals surface area contributed by atoms with Crippen molar-refractivity contribution in [2.24, 2.45) is 9.98 Å². The number of aromatic amines is 2. The van der Waals surface area contributed by atoms with Gasteiger partial charge in [-0.15, -0.1) is 0 Å². The fraction of sp³-hybridized carbons (Fsp3) is 0. The third-order valence-corrected chi connectivity index (χ3v) is 9.42. The lowest BCUT2D eigenvalue weighted by atomic mass is 10.0. The van der Waals surface area contributed by atoms with Crippen molar-refractivity contribution in [1.29, 1.82) is 0 Å². The lowest BCUT2D eigenvalue weighted by molar-refractivity contribution is -0.385. The van der Waals surface area contributed by atoms with Gasteiger partial charge in [0.05, 0.1) is 32.7 Å². The number of H-pyrrole nitrogens is 2. The average Bonchev–Trinajstić information content (AvgIpc) is 4.01. The Morgan fingerprint density at radius 1 is 0.423 bits per heavy atom. The number of nitro groups is 2. The Hall–Kier alpha value is -7.46. The molecule has 0 amide bonds. The first kappa shape index (κ1) is 30.6. The summed E-state index contributed by atoms with van der Waals surface area (Å²) in [7, 11) is 0. The number of nitrogens with zero attached hydrogens (tertiary/aromatic N) is 4. The minimum Gasteiger partial charge on any atom is -0.354 e. The maximum atomic E-state index is 11.5. The molecule has 8 bridgehead atoms. The van der Waals surface area contributed by atoms with Gasteiger partial charge in [0.1, 0.15) is 0 Å². The van der Waals surface area contributed by atoms with Crippen LogP contribution in [0.2, 0.25) is 0 Å². The van der Waals surface area contributed by atoms with Gasteiger partial charge in [0, 0.05) is 77.7 Å². The van der Waals surface area contributed by atoms with Crippen LogP contribution in [0.1, 0.15) is 11.1 Å². The van der Waals surface area contributed by atoms with E-state index in [9.17, 15) is 20.2 Å². The predicted octanol–water partition coefficient (Wildman–Crippen LogP) is 5.08. The number of allylic oxidation sites excluding steroid dienone is 2. The molecule has 6 aromatic rings. The van der Waals surface area contributed by atoms with Gasteiger partial charge in [0.2, 0.25) is 0 Å². The van der Waals surface area contributed by atoms with Gasteiger partial charge in [-0.1, -0.05) is 48.5 Å². The number of aliphatic imine (C=N–C) groups is 2. The van der Waals surface area contributed by atoms with Crippen molar-refractivity contribution in [2.45, 2.75) is 0 Å². The summed E-state index contributed by atoms with van der Waals surface area (Å²) < 4.78 is 0. The molecule has 0 unspecified atom stereocenters. The molecule has 0 radical (unpaired) electrons. The molecule has 5 heterocycles. The Labute approximate surface area is 293 Å². The molecule has 10 heteroatoms. The second kappa shape index (κ2) is 12.1. The van der Waals surface area contributed by atoms with Crippen molar-refractivity contribution in [1.82, 2.24) is 9.97 Å². The van der Waals surface area contributed by atoms with Crippen molar-refractivity contribution in [3.8, 4) is 0 Å². The van der Waals surface area contributed by atoms with Crippen LogP contribution in [0, 0.1) is 41.4 Å². The third kappa shape index (κ3) is 5.22. The number of hydrogen-bond acceptors (Lipinski definition) is 6.